The molecule has 0 radical (unpaired) electrons. The molecule has 27 heavy (non-hydrogen) atoms. The molecule has 2 N–H and O–H groups in total. The first-order chi connectivity index (χ1) is 13.1. The number of aliphatic hydroxyl groups is 1. The average molecular weight is 433 g/mol. The Hall–Kier alpha value is -1.17. The summed E-state index contributed by atoms with van der Waals surface area (Å²) in [6.07, 6.45) is 1.69. The SMILES string of the molecule is CCOc1cc(CNCCCCO)c(Cl)cc1OCc1c(Cl)cccc1Cl. The van der Waals surface area contributed by atoms with Crippen LogP contribution in [-0.4, -0.2) is 24.9 Å². The van der Waals surface area contributed by atoms with Crippen molar-refractivity contribution < 1.29 is 14.6 Å². The van der Waals surface area contributed by atoms with Crippen LogP contribution in [0.25, 0.3) is 0 Å². The zero-order chi connectivity index (χ0) is 19.6. The van der Waals surface area contributed by atoms with Crippen molar-refractivity contribution in [2.75, 3.05) is 19.8 Å². The highest BCUT2D eigenvalue weighted by atomic mass is 35.5. The van der Waals surface area contributed by atoms with Crippen LogP contribution in [0, 0.1) is 0 Å². The van der Waals surface area contributed by atoms with Crippen molar-refractivity contribution in [1.29, 1.82) is 0 Å². The molecule has 0 heterocycles. The van der Waals surface area contributed by atoms with E-state index in [0.717, 1.165) is 24.9 Å². The number of ether oxygens (including phenoxy) is 2. The topological polar surface area (TPSA) is 50.7 Å². The van der Waals surface area contributed by atoms with Gasteiger partial charge in [-0.1, -0.05) is 40.9 Å². The molecular weight excluding hydrogens is 409 g/mol. The Bertz CT molecular complexity index is 720. The lowest BCUT2D eigenvalue weighted by Gasteiger charge is -2.16. The van der Waals surface area contributed by atoms with E-state index in [2.05, 4.69) is 5.32 Å². The van der Waals surface area contributed by atoms with E-state index < -0.39 is 0 Å². The van der Waals surface area contributed by atoms with E-state index in [1.807, 2.05) is 13.0 Å². The monoisotopic (exact) mass is 431 g/mol. The number of rotatable bonds is 11. The van der Waals surface area contributed by atoms with E-state index in [9.17, 15) is 0 Å². The molecule has 0 aromatic heterocycles. The van der Waals surface area contributed by atoms with Crippen molar-refractivity contribution in [1.82, 2.24) is 5.32 Å². The molecule has 0 amide bonds. The molecule has 0 saturated carbocycles. The molecule has 7 heteroatoms. The summed E-state index contributed by atoms with van der Waals surface area (Å²) in [6.45, 7) is 4.27. The number of benzene rings is 2. The van der Waals surface area contributed by atoms with Crippen LogP contribution in [0.5, 0.6) is 11.5 Å². The largest absolute Gasteiger partial charge is 0.490 e. The summed E-state index contributed by atoms with van der Waals surface area (Å²) in [5.41, 5.74) is 1.64. The summed E-state index contributed by atoms with van der Waals surface area (Å²) in [7, 11) is 0. The molecule has 0 aliphatic carbocycles. The summed E-state index contributed by atoms with van der Waals surface area (Å²) < 4.78 is 11.6. The molecule has 2 aromatic rings. The predicted molar refractivity (Wildman–Crippen MR) is 111 cm³/mol. The van der Waals surface area contributed by atoms with Gasteiger partial charge >= 0.3 is 0 Å². The van der Waals surface area contributed by atoms with Crippen molar-refractivity contribution in [2.24, 2.45) is 0 Å². The van der Waals surface area contributed by atoms with E-state index in [1.54, 1.807) is 24.3 Å². The van der Waals surface area contributed by atoms with Crippen LogP contribution in [0.4, 0.5) is 0 Å². The van der Waals surface area contributed by atoms with Crippen molar-refractivity contribution in [3.8, 4) is 11.5 Å². The quantitative estimate of drug-likeness (QED) is 0.461. The first-order valence-corrected chi connectivity index (χ1v) is 10.0. The van der Waals surface area contributed by atoms with E-state index in [-0.39, 0.29) is 13.2 Å². The number of aliphatic hydroxyl groups excluding tert-OH is 1. The number of hydrogen-bond donors (Lipinski definition) is 2. The van der Waals surface area contributed by atoms with Gasteiger partial charge in [-0.2, -0.15) is 0 Å². The van der Waals surface area contributed by atoms with Crippen molar-refractivity contribution in [2.45, 2.75) is 32.9 Å². The van der Waals surface area contributed by atoms with Crippen LogP contribution in [0.1, 0.15) is 30.9 Å². The summed E-state index contributed by atoms with van der Waals surface area (Å²) in [5, 5.41) is 13.8. The maximum Gasteiger partial charge on any atom is 0.163 e. The molecule has 4 nitrogen and oxygen atoms in total. The van der Waals surface area contributed by atoms with Crippen molar-refractivity contribution >= 4 is 34.8 Å². The zero-order valence-electron chi connectivity index (χ0n) is 15.2. The second kappa shape index (κ2) is 11.6. The maximum atomic E-state index is 8.82. The number of nitrogens with one attached hydrogen (secondary N) is 1. The maximum absolute atomic E-state index is 8.82. The Morgan fingerprint density at radius 2 is 1.67 bits per heavy atom. The number of unbranched alkanes of at least 4 members (excludes halogenated alkanes) is 1. The summed E-state index contributed by atoms with van der Waals surface area (Å²) in [5.74, 6) is 1.17. The normalized spacial score (nSPS) is 10.9. The molecule has 2 rings (SSSR count). The van der Waals surface area contributed by atoms with Gasteiger partial charge in [0.1, 0.15) is 6.61 Å². The molecule has 0 fully saturated rings. The third kappa shape index (κ3) is 6.74. The highest BCUT2D eigenvalue weighted by molar-refractivity contribution is 6.36. The van der Waals surface area contributed by atoms with Gasteiger partial charge in [-0.05, 0) is 50.1 Å². The fourth-order valence-electron chi connectivity index (χ4n) is 2.50. The highest BCUT2D eigenvalue weighted by Gasteiger charge is 2.13. The van der Waals surface area contributed by atoms with E-state index in [4.69, 9.17) is 49.4 Å². The molecule has 0 atom stereocenters. The molecule has 0 unspecified atom stereocenters. The average Bonchev–Trinajstić information content (AvgIpc) is 2.64. The molecular formula is C20H24Cl3NO3. The van der Waals surface area contributed by atoms with Gasteiger partial charge in [-0.3, -0.25) is 0 Å². The van der Waals surface area contributed by atoms with Gasteiger partial charge in [-0.25, -0.2) is 0 Å². The molecule has 0 spiro atoms. The van der Waals surface area contributed by atoms with Gasteiger partial charge in [-0.15, -0.1) is 0 Å². The van der Waals surface area contributed by atoms with E-state index in [1.165, 1.54) is 0 Å². The van der Waals surface area contributed by atoms with Crippen LogP contribution in [0.2, 0.25) is 15.1 Å². The van der Waals surface area contributed by atoms with E-state index >= 15 is 0 Å². The first-order valence-electron chi connectivity index (χ1n) is 8.89. The van der Waals surface area contributed by atoms with Crippen LogP contribution in [-0.2, 0) is 13.2 Å². The fourth-order valence-corrected chi connectivity index (χ4v) is 3.23. The van der Waals surface area contributed by atoms with Gasteiger partial charge < -0.3 is 19.9 Å². The highest BCUT2D eigenvalue weighted by Crippen LogP contribution is 2.35. The molecule has 0 bridgehead atoms. The van der Waals surface area contributed by atoms with Crippen molar-refractivity contribution in [3.05, 3.63) is 56.5 Å². The molecule has 0 aliphatic rings. The van der Waals surface area contributed by atoms with Gasteiger partial charge in [0.05, 0.1) is 6.61 Å². The third-order valence-electron chi connectivity index (χ3n) is 3.92. The Morgan fingerprint density at radius 1 is 0.963 bits per heavy atom. The lowest BCUT2D eigenvalue weighted by Crippen LogP contribution is -2.15. The minimum atomic E-state index is 0.207. The zero-order valence-corrected chi connectivity index (χ0v) is 17.5. The first kappa shape index (κ1) is 22.1. The Morgan fingerprint density at radius 3 is 2.33 bits per heavy atom. The molecule has 0 saturated heterocycles. The minimum Gasteiger partial charge on any atom is -0.490 e. The van der Waals surface area contributed by atoms with Gasteiger partial charge in [0, 0.05) is 39.8 Å². The standard InChI is InChI=1S/C20H24Cl3NO3/c1-2-26-19-10-14(12-24-8-3-4-9-25)18(23)11-20(19)27-13-15-16(21)6-5-7-17(15)22/h5-7,10-11,24-25H,2-4,8-9,12-13H2,1H3. The van der Waals surface area contributed by atoms with Crippen LogP contribution in [0.3, 0.4) is 0 Å². The van der Waals surface area contributed by atoms with Gasteiger partial charge in [0.2, 0.25) is 0 Å². The smallest absolute Gasteiger partial charge is 0.163 e. The van der Waals surface area contributed by atoms with Crippen LogP contribution in [0.15, 0.2) is 30.3 Å². The Balaban J connectivity index is 2.10. The van der Waals surface area contributed by atoms with Crippen molar-refractivity contribution in [3.63, 3.8) is 0 Å². The number of hydrogen-bond acceptors (Lipinski definition) is 4. The Kier molecular flexibility index (Phi) is 9.52. The second-order valence-electron chi connectivity index (χ2n) is 5.92. The molecule has 2 aromatic carbocycles. The Labute approximate surface area is 175 Å². The minimum absolute atomic E-state index is 0.207. The lowest BCUT2D eigenvalue weighted by molar-refractivity contribution is 0.269. The molecule has 148 valence electrons. The van der Waals surface area contributed by atoms with Crippen LogP contribution >= 0.6 is 34.8 Å². The summed E-state index contributed by atoms with van der Waals surface area (Å²) >= 11 is 18.8. The number of halogens is 3. The second-order valence-corrected chi connectivity index (χ2v) is 7.14. The summed E-state index contributed by atoms with van der Waals surface area (Å²) in [6, 6.07) is 8.97. The fraction of sp³-hybridized carbons (Fsp3) is 0.400. The van der Waals surface area contributed by atoms with Gasteiger partial charge in [0.25, 0.3) is 0 Å². The van der Waals surface area contributed by atoms with Crippen LogP contribution < -0.4 is 14.8 Å². The van der Waals surface area contributed by atoms with Gasteiger partial charge in [0.15, 0.2) is 11.5 Å². The third-order valence-corrected chi connectivity index (χ3v) is 4.98. The summed E-state index contributed by atoms with van der Waals surface area (Å²) in [4.78, 5) is 0. The lowest BCUT2D eigenvalue weighted by atomic mass is 10.2. The molecule has 0 aliphatic heterocycles. The predicted octanol–water partition coefficient (Wildman–Crippen LogP) is 5.49. The van der Waals surface area contributed by atoms with E-state index in [0.29, 0.717) is 45.3 Å².